The first-order valence-electron chi connectivity index (χ1n) is 5.32. The number of rotatable bonds is 0. The van der Waals surface area contributed by atoms with Gasteiger partial charge in [-0.25, -0.2) is 0 Å². The van der Waals surface area contributed by atoms with Gasteiger partial charge in [0.05, 0.1) is 6.10 Å². The number of aliphatic hydroxyl groups excluding tert-OH is 1. The van der Waals surface area contributed by atoms with Crippen molar-refractivity contribution < 1.29 is 9.90 Å². The maximum Gasteiger partial charge on any atom is 0.133 e. The summed E-state index contributed by atoms with van der Waals surface area (Å²) in [5, 5.41) is 9.84. The quantitative estimate of drug-likeness (QED) is 0.621. The van der Waals surface area contributed by atoms with Crippen molar-refractivity contribution >= 4 is 5.78 Å². The lowest BCUT2D eigenvalue weighted by molar-refractivity contribution is -0.130. The first-order valence-corrected chi connectivity index (χ1v) is 5.32. The molecule has 0 aliphatic heterocycles. The van der Waals surface area contributed by atoms with Crippen molar-refractivity contribution in [2.75, 3.05) is 0 Å². The van der Waals surface area contributed by atoms with Crippen molar-refractivity contribution in [2.45, 2.75) is 51.6 Å². The van der Waals surface area contributed by atoms with Crippen molar-refractivity contribution in [3.05, 3.63) is 0 Å². The first-order chi connectivity index (χ1) is 6.12. The van der Waals surface area contributed by atoms with E-state index in [0.717, 1.165) is 25.7 Å². The van der Waals surface area contributed by atoms with Crippen molar-refractivity contribution in [3.63, 3.8) is 0 Å². The fourth-order valence-corrected chi connectivity index (χ4v) is 3.18. The van der Waals surface area contributed by atoms with Crippen LogP contribution < -0.4 is 0 Å². The van der Waals surface area contributed by atoms with Crippen LogP contribution in [0.2, 0.25) is 0 Å². The molecule has 1 N–H and O–H groups in total. The molecule has 0 amide bonds. The van der Waals surface area contributed by atoms with Crippen molar-refractivity contribution in [1.29, 1.82) is 0 Å². The Kier molecular flexibility index (Phi) is 2.18. The Morgan fingerprint density at radius 1 is 1.46 bits per heavy atom. The number of ketones is 1. The van der Waals surface area contributed by atoms with E-state index in [1.165, 1.54) is 0 Å². The fraction of sp³-hybridized carbons (Fsp3) is 0.909. The second-order valence-electron chi connectivity index (χ2n) is 4.97. The minimum Gasteiger partial charge on any atom is -0.393 e. The van der Waals surface area contributed by atoms with Crippen LogP contribution in [0.25, 0.3) is 0 Å². The van der Waals surface area contributed by atoms with Gasteiger partial charge in [-0.1, -0.05) is 13.3 Å². The third-order valence-corrected chi connectivity index (χ3v) is 3.94. The summed E-state index contributed by atoms with van der Waals surface area (Å²) in [6, 6.07) is 0. The van der Waals surface area contributed by atoms with Crippen molar-refractivity contribution in [2.24, 2.45) is 11.3 Å². The number of fused-ring (bicyclic) bond motifs is 1. The smallest absolute Gasteiger partial charge is 0.133 e. The van der Waals surface area contributed by atoms with Crippen LogP contribution in [0.1, 0.15) is 45.4 Å². The third-order valence-electron chi connectivity index (χ3n) is 3.94. The van der Waals surface area contributed by atoms with Crippen LogP contribution in [-0.2, 0) is 4.79 Å². The zero-order chi connectivity index (χ0) is 9.47. The molecule has 2 heteroatoms. The van der Waals surface area contributed by atoms with Gasteiger partial charge in [-0.2, -0.15) is 0 Å². The Balaban J connectivity index is 2.17. The summed E-state index contributed by atoms with van der Waals surface area (Å²) < 4.78 is 0. The van der Waals surface area contributed by atoms with Crippen LogP contribution in [0.15, 0.2) is 0 Å². The second-order valence-corrected chi connectivity index (χ2v) is 4.97. The molecule has 13 heavy (non-hydrogen) atoms. The highest BCUT2D eigenvalue weighted by molar-refractivity contribution is 5.80. The largest absolute Gasteiger partial charge is 0.393 e. The molecule has 2 aliphatic rings. The van der Waals surface area contributed by atoms with Crippen LogP contribution in [0, 0.1) is 11.3 Å². The molecule has 0 aromatic heterocycles. The van der Waals surface area contributed by atoms with Crippen LogP contribution in [0.5, 0.6) is 0 Å². The summed E-state index contributed by atoms with van der Waals surface area (Å²) in [6.07, 6.45) is 5.31. The van der Waals surface area contributed by atoms with E-state index in [1.54, 1.807) is 0 Å². The third kappa shape index (κ3) is 1.52. The molecule has 74 valence electrons. The summed E-state index contributed by atoms with van der Waals surface area (Å²) in [4.78, 5) is 11.3. The molecular weight excluding hydrogens is 164 g/mol. The lowest BCUT2D eigenvalue weighted by Crippen LogP contribution is -2.44. The van der Waals surface area contributed by atoms with Gasteiger partial charge >= 0.3 is 0 Å². The fourth-order valence-electron chi connectivity index (χ4n) is 3.18. The van der Waals surface area contributed by atoms with E-state index in [9.17, 15) is 9.90 Å². The second kappa shape index (κ2) is 3.09. The predicted molar refractivity (Wildman–Crippen MR) is 50.3 cm³/mol. The van der Waals surface area contributed by atoms with Crippen LogP contribution in [0.3, 0.4) is 0 Å². The average Bonchev–Trinajstić information content (AvgIpc) is 2.02. The molecule has 0 aromatic rings. The van der Waals surface area contributed by atoms with Crippen LogP contribution in [0.4, 0.5) is 0 Å². The Morgan fingerprint density at radius 2 is 2.23 bits per heavy atom. The van der Waals surface area contributed by atoms with Crippen LogP contribution in [-0.4, -0.2) is 17.0 Å². The first kappa shape index (κ1) is 9.20. The van der Waals surface area contributed by atoms with E-state index in [0.29, 0.717) is 24.5 Å². The van der Waals surface area contributed by atoms with Gasteiger partial charge in [0.1, 0.15) is 5.78 Å². The highest BCUT2D eigenvalue weighted by atomic mass is 16.3. The summed E-state index contributed by atoms with van der Waals surface area (Å²) in [6.45, 7) is 2.18. The summed E-state index contributed by atoms with van der Waals surface area (Å²) >= 11 is 0. The number of Topliss-reactive ketones (excluding diaryl/α,β-unsaturated/α-hetero) is 1. The highest BCUT2D eigenvalue weighted by Gasteiger charge is 2.45. The molecule has 0 bridgehead atoms. The molecule has 2 saturated carbocycles. The van der Waals surface area contributed by atoms with E-state index in [4.69, 9.17) is 0 Å². The van der Waals surface area contributed by atoms with Gasteiger partial charge in [-0.3, -0.25) is 4.79 Å². The molecule has 3 atom stereocenters. The average molecular weight is 182 g/mol. The van der Waals surface area contributed by atoms with E-state index < -0.39 is 0 Å². The number of carbonyl (C=O) groups is 1. The lowest BCUT2D eigenvalue weighted by atomic mass is 9.59. The van der Waals surface area contributed by atoms with Crippen molar-refractivity contribution in [1.82, 2.24) is 0 Å². The Hall–Kier alpha value is -0.370. The molecule has 0 radical (unpaired) electrons. The van der Waals surface area contributed by atoms with Gasteiger partial charge in [0.25, 0.3) is 0 Å². The zero-order valence-corrected chi connectivity index (χ0v) is 8.25. The lowest BCUT2D eigenvalue weighted by Gasteiger charge is -2.46. The number of hydrogen-bond donors (Lipinski definition) is 1. The molecule has 0 unspecified atom stereocenters. The summed E-state index contributed by atoms with van der Waals surface area (Å²) in [5.74, 6) is 0.784. The normalized spacial score (nSPS) is 45.8. The van der Waals surface area contributed by atoms with Crippen molar-refractivity contribution in [3.8, 4) is 0 Å². The van der Waals surface area contributed by atoms with E-state index in [1.807, 2.05) is 0 Å². The predicted octanol–water partition coefficient (Wildman–Crippen LogP) is 1.91. The van der Waals surface area contributed by atoms with Gasteiger partial charge in [-0.05, 0) is 30.6 Å². The number of hydrogen-bond acceptors (Lipinski definition) is 2. The molecular formula is C11H18O2. The summed E-state index contributed by atoms with van der Waals surface area (Å²) in [5.41, 5.74) is 0.118. The summed E-state index contributed by atoms with van der Waals surface area (Å²) in [7, 11) is 0. The number of aliphatic hydroxyl groups is 1. The molecule has 0 aromatic carbocycles. The monoisotopic (exact) mass is 182 g/mol. The minimum atomic E-state index is -0.146. The van der Waals surface area contributed by atoms with E-state index >= 15 is 0 Å². The Labute approximate surface area is 79.3 Å². The zero-order valence-electron chi connectivity index (χ0n) is 8.25. The SMILES string of the molecule is C[C@]12CCC[C@H](O)[C@@H]1CCC(=O)C2. The Morgan fingerprint density at radius 3 is 3.00 bits per heavy atom. The molecule has 0 spiro atoms. The molecule has 2 fully saturated rings. The van der Waals surface area contributed by atoms with E-state index in [2.05, 4.69) is 6.92 Å². The minimum absolute atomic E-state index is 0.118. The highest BCUT2D eigenvalue weighted by Crippen LogP contribution is 2.48. The standard InChI is InChI=1S/C11H18O2/c1-11-6-2-3-10(13)9(11)5-4-8(12)7-11/h9-10,13H,2-7H2,1H3/t9-,10-,11+/m0/s1. The van der Waals surface area contributed by atoms with Gasteiger partial charge in [0.15, 0.2) is 0 Å². The topological polar surface area (TPSA) is 37.3 Å². The molecule has 2 aliphatic carbocycles. The molecule has 2 rings (SSSR count). The van der Waals surface area contributed by atoms with E-state index in [-0.39, 0.29) is 11.5 Å². The molecule has 0 heterocycles. The number of carbonyl (C=O) groups excluding carboxylic acids is 1. The van der Waals surface area contributed by atoms with Gasteiger partial charge in [0, 0.05) is 12.8 Å². The Bertz CT molecular complexity index is 224. The maximum atomic E-state index is 11.3. The van der Waals surface area contributed by atoms with Gasteiger partial charge in [-0.15, -0.1) is 0 Å². The van der Waals surface area contributed by atoms with Crippen LogP contribution >= 0.6 is 0 Å². The molecule has 0 saturated heterocycles. The maximum absolute atomic E-state index is 11.3. The van der Waals surface area contributed by atoms with Gasteiger partial charge in [0.2, 0.25) is 0 Å². The molecule has 2 nitrogen and oxygen atoms in total. The van der Waals surface area contributed by atoms with Gasteiger partial charge < -0.3 is 5.11 Å².